The second kappa shape index (κ2) is 14.7. The summed E-state index contributed by atoms with van der Waals surface area (Å²) < 4.78 is 0. The van der Waals surface area contributed by atoms with Crippen molar-refractivity contribution in [2.45, 2.75) is 24.7 Å². The normalized spacial score (nSPS) is 13.8. The fraction of sp³-hybridized carbons (Fsp3) is 0.0625. The third-order valence-corrected chi connectivity index (χ3v) is 14.6. The highest BCUT2D eigenvalue weighted by molar-refractivity contribution is 6.06. The van der Waals surface area contributed by atoms with E-state index in [9.17, 15) is 0 Å². The van der Waals surface area contributed by atoms with E-state index in [1.54, 1.807) is 0 Å². The molecule has 310 valence electrons. The molecule has 66 heavy (non-hydrogen) atoms. The minimum Gasteiger partial charge on any atom is -0.228 e. The van der Waals surface area contributed by atoms with Gasteiger partial charge < -0.3 is 0 Å². The number of benzene rings is 10. The second-order valence-electron chi connectivity index (χ2n) is 18.4. The van der Waals surface area contributed by atoms with Crippen molar-refractivity contribution in [2.24, 2.45) is 0 Å². The van der Waals surface area contributed by atoms with E-state index in [1.807, 2.05) is 0 Å². The Hall–Kier alpha value is -8.20. The van der Waals surface area contributed by atoms with E-state index in [-0.39, 0.29) is 5.41 Å². The summed E-state index contributed by atoms with van der Waals surface area (Å²) >= 11 is 0. The van der Waals surface area contributed by atoms with Gasteiger partial charge in [-0.3, -0.25) is 0 Å². The third kappa shape index (κ3) is 5.55. The second-order valence-corrected chi connectivity index (χ2v) is 18.4. The van der Waals surface area contributed by atoms with Crippen LogP contribution in [0.2, 0.25) is 0 Å². The van der Waals surface area contributed by atoms with Crippen LogP contribution in [0.4, 0.5) is 0 Å². The molecule has 10 aromatic carbocycles. The summed E-state index contributed by atoms with van der Waals surface area (Å²) in [5.74, 6) is 0.696. The number of aromatic nitrogens is 2. The lowest BCUT2D eigenvalue weighted by Crippen LogP contribution is -2.29. The highest BCUT2D eigenvalue weighted by atomic mass is 14.9. The van der Waals surface area contributed by atoms with Crippen LogP contribution in [0.25, 0.3) is 88.8 Å². The molecule has 0 fully saturated rings. The number of hydrogen-bond donors (Lipinski definition) is 0. The maximum atomic E-state index is 5.51. The van der Waals surface area contributed by atoms with Crippen molar-refractivity contribution < 1.29 is 0 Å². The van der Waals surface area contributed by atoms with Gasteiger partial charge in [0.2, 0.25) is 0 Å². The van der Waals surface area contributed by atoms with Gasteiger partial charge in [-0.15, -0.1) is 0 Å². The Morgan fingerprint density at radius 1 is 0.318 bits per heavy atom. The zero-order valence-corrected chi connectivity index (χ0v) is 36.8. The zero-order chi connectivity index (χ0) is 44.0. The summed E-state index contributed by atoms with van der Waals surface area (Å²) in [6.45, 7) is 4.75. The van der Waals surface area contributed by atoms with Crippen LogP contribution >= 0.6 is 0 Å². The molecule has 0 saturated heterocycles. The number of fused-ring (bicyclic) bond motifs is 9. The van der Waals surface area contributed by atoms with Gasteiger partial charge in [-0.1, -0.05) is 232 Å². The lowest BCUT2D eigenvalue weighted by atomic mass is 9.66. The van der Waals surface area contributed by atoms with E-state index in [2.05, 4.69) is 244 Å². The molecule has 0 amide bonds. The lowest BCUT2D eigenvalue weighted by Gasteiger charge is -2.35. The van der Waals surface area contributed by atoms with Gasteiger partial charge in [0.15, 0.2) is 5.82 Å². The van der Waals surface area contributed by atoms with Gasteiger partial charge in [0.25, 0.3) is 0 Å². The molecule has 13 rings (SSSR count). The summed E-state index contributed by atoms with van der Waals surface area (Å²) in [6.07, 6.45) is 0. The SMILES string of the molecule is CC1(C)c2ccc(-c3ccc(-c4cc(-c5cccc6c5C(c5ccccc5)(c5ccccc5)c5ccccc5-6)nc(-c5ccccc5)n4)c4ccccc34)cc2-c2ccc3ccccc3c21. The molecule has 2 nitrogen and oxygen atoms in total. The maximum absolute atomic E-state index is 5.51. The molecule has 0 unspecified atom stereocenters. The van der Waals surface area contributed by atoms with E-state index in [4.69, 9.17) is 9.97 Å². The van der Waals surface area contributed by atoms with E-state index in [1.165, 1.54) is 82.9 Å². The van der Waals surface area contributed by atoms with Gasteiger partial charge in [-0.05, 0) is 100 Å². The highest BCUT2D eigenvalue weighted by Crippen LogP contribution is 2.59. The van der Waals surface area contributed by atoms with Crippen molar-refractivity contribution in [1.29, 1.82) is 0 Å². The molecule has 0 atom stereocenters. The predicted octanol–water partition coefficient (Wildman–Crippen LogP) is 16.1. The van der Waals surface area contributed by atoms with Crippen molar-refractivity contribution in [1.82, 2.24) is 9.97 Å². The molecule has 2 aliphatic rings. The molecule has 2 aliphatic carbocycles. The van der Waals surface area contributed by atoms with Crippen molar-refractivity contribution in [3.63, 3.8) is 0 Å². The fourth-order valence-corrected chi connectivity index (χ4v) is 11.7. The summed E-state index contributed by atoms with van der Waals surface area (Å²) in [7, 11) is 0. The third-order valence-electron chi connectivity index (χ3n) is 14.6. The summed E-state index contributed by atoms with van der Waals surface area (Å²) in [4.78, 5) is 10.9. The Bertz CT molecular complexity index is 3680. The minimum absolute atomic E-state index is 0.110. The molecule has 0 saturated carbocycles. The molecule has 2 heteroatoms. The predicted molar refractivity (Wildman–Crippen MR) is 274 cm³/mol. The molecule has 11 aromatic rings. The molecule has 0 aliphatic heterocycles. The summed E-state index contributed by atoms with van der Waals surface area (Å²) in [5, 5.41) is 4.97. The van der Waals surface area contributed by atoms with Crippen LogP contribution in [0, 0.1) is 0 Å². The first-order valence-corrected chi connectivity index (χ1v) is 23.0. The molecular formula is C64H44N2. The van der Waals surface area contributed by atoms with Gasteiger partial charge in [0.1, 0.15) is 0 Å². The topological polar surface area (TPSA) is 25.8 Å². The number of nitrogens with zero attached hydrogens (tertiary/aromatic N) is 2. The van der Waals surface area contributed by atoms with Crippen LogP contribution < -0.4 is 0 Å². The molecule has 1 heterocycles. The average Bonchev–Trinajstić information content (AvgIpc) is 3.82. The largest absolute Gasteiger partial charge is 0.228 e. The van der Waals surface area contributed by atoms with Crippen molar-refractivity contribution in [2.75, 3.05) is 0 Å². The Morgan fingerprint density at radius 3 is 1.61 bits per heavy atom. The first kappa shape index (κ1) is 38.3. The van der Waals surface area contributed by atoms with Crippen LogP contribution in [-0.4, -0.2) is 9.97 Å². The quantitative estimate of drug-likeness (QED) is 0.167. The molecule has 0 spiro atoms. The maximum Gasteiger partial charge on any atom is 0.160 e. The summed E-state index contributed by atoms with van der Waals surface area (Å²) in [6, 6.07) is 84.3. The smallest absolute Gasteiger partial charge is 0.160 e. The van der Waals surface area contributed by atoms with Crippen LogP contribution in [0.15, 0.2) is 231 Å². The lowest BCUT2D eigenvalue weighted by molar-refractivity contribution is 0.666. The Labute approximate surface area is 385 Å². The van der Waals surface area contributed by atoms with Crippen LogP contribution in [-0.2, 0) is 10.8 Å². The first-order chi connectivity index (χ1) is 32.5. The molecule has 0 bridgehead atoms. The Kier molecular flexibility index (Phi) is 8.51. The number of rotatable bonds is 6. The standard InChI is InChI=1S/C64H44N2/c1-63(2)56-38-34-43(39-55(56)53-35-33-41-19-12-13-26-47(41)60(53)63)46-36-37-51(49-28-15-14-27-48(46)49)58-40-59(66-62(65-58)42-20-6-3-7-21-42)54-31-18-30-52-50-29-16-17-32-57(50)64(61(52)54,44-22-8-4-9-23-44)45-24-10-5-11-25-45/h3-40H,1-2H3. The van der Waals surface area contributed by atoms with Crippen molar-refractivity contribution in [3.8, 4) is 67.3 Å². The van der Waals surface area contributed by atoms with E-state index in [0.29, 0.717) is 5.82 Å². The molecule has 0 N–H and O–H groups in total. The van der Waals surface area contributed by atoms with Gasteiger partial charge in [0.05, 0.1) is 16.8 Å². The first-order valence-electron chi connectivity index (χ1n) is 23.0. The van der Waals surface area contributed by atoms with Gasteiger partial charge in [0, 0.05) is 22.1 Å². The van der Waals surface area contributed by atoms with Crippen molar-refractivity contribution >= 4 is 21.5 Å². The van der Waals surface area contributed by atoms with Crippen LogP contribution in [0.1, 0.15) is 47.2 Å². The van der Waals surface area contributed by atoms with Crippen molar-refractivity contribution in [3.05, 3.63) is 264 Å². The molecule has 1 aromatic heterocycles. The fourth-order valence-electron chi connectivity index (χ4n) is 11.7. The average molecular weight is 841 g/mol. The molecular weight excluding hydrogens is 797 g/mol. The van der Waals surface area contributed by atoms with E-state index >= 15 is 0 Å². The molecule has 0 radical (unpaired) electrons. The van der Waals surface area contributed by atoms with Gasteiger partial charge in [-0.25, -0.2) is 9.97 Å². The Morgan fingerprint density at radius 2 is 0.864 bits per heavy atom. The monoisotopic (exact) mass is 840 g/mol. The van der Waals surface area contributed by atoms with E-state index in [0.717, 1.165) is 33.5 Å². The zero-order valence-electron chi connectivity index (χ0n) is 36.8. The van der Waals surface area contributed by atoms with Gasteiger partial charge >= 0.3 is 0 Å². The summed E-state index contributed by atoms with van der Waals surface area (Å²) in [5.41, 5.74) is 19.5. The van der Waals surface area contributed by atoms with Crippen LogP contribution in [0.5, 0.6) is 0 Å². The minimum atomic E-state index is -0.587. The Balaban J connectivity index is 1.03. The van der Waals surface area contributed by atoms with E-state index < -0.39 is 5.41 Å². The van der Waals surface area contributed by atoms with Gasteiger partial charge in [-0.2, -0.15) is 0 Å². The highest BCUT2D eigenvalue weighted by Gasteiger charge is 2.47. The van der Waals surface area contributed by atoms with Crippen LogP contribution in [0.3, 0.4) is 0 Å². The number of hydrogen-bond acceptors (Lipinski definition) is 2.